The number of carbonyl (C=O) groups is 1. The fourth-order valence-corrected chi connectivity index (χ4v) is 4.58. The van der Waals surface area contributed by atoms with Gasteiger partial charge < -0.3 is 14.8 Å². The Morgan fingerprint density at radius 1 is 1.00 bits per heavy atom. The lowest BCUT2D eigenvalue weighted by molar-refractivity contribution is 0.0951. The molecule has 0 aliphatic carbocycles. The van der Waals surface area contributed by atoms with Gasteiger partial charge in [0.2, 0.25) is 6.79 Å². The molecular formula is C24H20N2O3S. The Morgan fingerprint density at radius 2 is 1.83 bits per heavy atom. The summed E-state index contributed by atoms with van der Waals surface area (Å²) >= 11 is 1.69. The number of amides is 1. The third-order valence-corrected chi connectivity index (χ3v) is 6.29. The second-order valence-corrected chi connectivity index (χ2v) is 8.44. The van der Waals surface area contributed by atoms with Crippen molar-refractivity contribution in [1.82, 2.24) is 5.32 Å². The minimum absolute atomic E-state index is 0.133. The van der Waals surface area contributed by atoms with Crippen LogP contribution in [0.3, 0.4) is 0 Å². The maximum absolute atomic E-state index is 12.7. The van der Waals surface area contributed by atoms with E-state index >= 15 is 0 Å². The number of aliphatic imine (C=N–C) groups is 1. The van der Waals surface area contributed by atoms with Gasteiger partial charge in [0.25, 0.3) is 5.91 Å². The molecule has 5 rings (SSSR count). The Labute approximate surface area is 179 Å². The van der Waals surface area contributed by atoms with E-state index in [0.29, 0.717) is 17.9 Å². The van der Waals surface area contributed by atoms with E-state index in [0.717, 1.165) is 33.2 Å². The molecule has 0 bridgehead atoms. The molecule has 0 fully saturated rings. The van der Waals surface area contributed by atoms with Crippen molar-refractivity contribution in [2.75, 3.05) is 6.79 Å². The van der Waals surface area contributed by atoms with Crippen LogP contribution in [0, 0.1) is 6.92 Å². The highest BCUT2D eigenvalue weighted by atomic mass is 32.2. The third kappa shape index (κ3) is 3.55. The molecular weight excluding hydrogens is 396 g/mol. The molecule has 150 valence electrons. The number of carbonyl (C=O) groups excluding carboxylic acids is 1. The number of hydrogen-bond acceptors (Lipinski definition) is 5. The number of ether oxygens (including phenoxy) is 2. The highest BCUT2D eigenvalue weighted by Gasteiger charge is 2.18. The van der Waals surface area contributed by atoms with Crippen molar-refractivity contribution in [3.8, 4) is 11.5 Å². The third-order valence-electron chi connectivity index (χ3n) is 5.14. The smallest absolute Gasteiger partial charge is 0.251 e. The summed E-state index contributed by atoms with van der Waals surface area (Å²) in [6.07, 6.45) is 0. The number of fused-ring (bicyclic) bond motifs is 3. The Hall–Kier alpha value is -3.25. The average molecular weight is 417 g/mol. The maximum atomic E-state index is 12.7. The first-order chi connectivity index (χ1) is 14.6. The van der Waals surface area contributed by atoms with Crippen LogP contribution in [0.25, 0.3) is 0 Å². The summed E-state index contributed by atoms with van der Waals surface area (Å²) in [5, 5.41) is 2.97. The van der Waals surface area contributed by atoms with Gasteiger partial charge >= 0.3 is 0 Å². The van der Waals surface area contributed by atoms with Gasteiger partial charge in [0.05, 0.1) is 5.69 Å². The van der Waals surface area contributed by atoms with Crippen molar-refractivity contribution in [1.29, 1.82) is 0 Å². The van der Waals surface area contributed by atoms with Crippen LogP contribution < -0.4 is 14.8 Å². The van der Waals surface area contributed by atoms with Gasteiger partial charge in [-0.3, -0.25) is 9.79 Å². The molecule has 0 saturated heterocycles. The van der Waals surface area contributed by atoms with Crippen LogP contribution in [0.1, 0.15) is 34.0 Å². The summed E-state index contributed by atoms with van der Waals surface area (Å²) in [6, 6.07) is 17.8. The first-order valence-electron chi connectivity index (χ1n) is 9.72. The van der Waals surface area contributed by atoms with Crippen LogP contribution in [0.15, 0.2) is 69.4 Å². The van der Waals surface area contributed by atoms with Gasteiger partial charge in [-0.2, -0.15) is 0 Å². The summed E-state index contributed by atoms with van der Waals surface area (Å²) < 4.78 is 10.7. The SMILES string of the molecule is CC1=Nc2cc(C(=O)NCc3ccc4c(c3)OCO4)ccc2Sc2ccc(C)cc21. The molecule has 2 aliphatic rings. The first-order valence-corrected chi connectivity index (χ1v) is 10.5. The maximum Gasteiger partial charge on any atom is 0.251 e. The summed E-state index contributed by atoms with van der Waals surface area (Å²) in [7, 11) is 0. The quantitative estimate of drug-likeness (QED) is 0.633. The number of nitrogens with one attached hydrogen (secondary N) is 1. The van der Waals surface area contributed by atoms with Crippen LogP contribution in [-0.2, 0) is 6.54 Å². The fourth-order valence-electron chi connectivity index (χ4n) is 3.54. The van der Waals surface area contributed by atoms with Gasteiger partial charge in [0.15, 0.2) is 11.5 Å². The predicted octanol–water partition coefficient (Wildman–Crippen LogP) is 5.26. The number of rotatable bonds is 3. The predicted molar refractivity (Wildman–Crippen MR) is 117 cm³/mol. The van der Waals surface area contributed by atoms with Crippen LogP contribution in [0.4, 0.5) is 5.69 Å². The lowest BCUT2D eigenvalue weighted by atomic mass is 10.1. The van der Waals surface area contributed by atoms with Gasteiger partial charge in [-0.15, -0.1) is 0 Å². The number of aryl methyl sites for hydroxylation is 1. The molecule has 0 aromatic heterocycles. The standard InChI is InChI=1S/C24H20N2O3S/c1-14-3-7-22-18(9-14)15(2)26-19-11-17(5-8-23(19)30-22)24(27)25-12-16-4-6-20-21(10-16)29-13-28-20/h3-11H,12-13H2,1-2H3,(H,25,27). The van der Waals surface area contributed by atoms with Crippen molar-refractivity contribution in [3.05, 3.63) is 76.9 Å². The van der Waals surface area contributed by atoms with E-state index in [9.17, 15) is 4.79 Å². The van der Waals surface area contributed by atoms with Crippen LogP contribution in [0.2, 0.25) is 0 Å². The zero-order chi connectivity index (χ0) is 20.7. The minimum atomic E-state index is -0.133. The zero-order valence-corrected chi connectivity index (χ0v) is 17.5. The van der Waals surface area contributed by atoms with Crippen molar-refractivity contribution in [3.63, 3.8) is 0 Å². The first kappa shape index (κ1) is 18.8. The largest absolute Gasteiger partial charge is 0.454 e. The van der Waals surface area contributed by atoms with E-state index in [1.54, 1.807) is 11.8 Å². The number of nitrogens with zero attached hydrogens (tertiary/aromatic N) is 1. The van der Waals surface area contributed by atoms with Crippen molar-refractivity contribution in [2.24, 2.45) is 4.99 Å². The molecule has 0 spiro atoms. The lowest BCUT2D eigenvalue weighted by Crippen LogP contribution is -2.22. The number of hydrogen-bond donors (Lipinski definition) is 1. The Morgan fingerprint density at radius 3 is 2.73 bits per heavy atom. The topological polar surface area (TPSA) is 59.9 Å². The van der Waals surface area contributed by atoms with Gasteiger partial charge in [0.1, 0.15) is 0 Å². The monoisotopic (exact) mass is 416 g/mol. The molecule has 5 nitrogen and oxygen atoms in total. The average Bonchev–Trinajstić information content (AvgIpc) is 3.16. The molecule has 0 radical (unpaired) electrons. The molecule has 3 aromatic carbocycles. The molecule has 1 amide bonds. The lowest BCUT2D eigenvalue weighted by Gasteiger charge is -2.09. The highest BCUT2D eigenvalue weighted by molar-refractivity contribution is 7.99. The molecule has 1 N–H and O–H groups in total. The summed E-state index contributed by atoms with van der Waals surface area (Å²) in [4.78, 5) is 19.8. The van der Waals surface area contributed by atoms with E-state index in [4.69, 9.17) is 14.5 Å². The Balaban J connectivity index is 1.36. The van der Waals surface area contributed by atoms with E-state index in [2.05, 4.69) is 30.4 Å². The second-order valence-electron chi connectivity index (χ2n) is 7.35. The van der Waals surface area contributed by atoms with Crippen molar-refractivity contribution >= 4 is 29.1 Å². The zero-order valence-electron chi connectivity index (χ0n) is 16.7. The Bertz CT molecular complexity index is 1200. The fraction of sp³-hybridized carbons (Fsp3) is 0.167. The summed E-state index contributed by atoms with van der Waals surface area (Å²) in [5.41, 5.74) is 5.68. The van der Waals surface area contributed by atoms with Gasteiger partial charge in [0, 0.05) is 33.2 Å². The molecule has 30 heavy (non-hydrogen) atoms. The molecule has 3 aromatic rings. The summed E-state index contributed by atoms with van der Waals surface area (Å²) in [6.45, 7) is 4.75. The molecule has 6 heteroatoms. The molecule has 0 saturated carbocycles. The molecule has 2 aliphatic heterocycles. The minimum Gasteiger partial charge on any atom is -0.454 e. The molecule has 0 unspecified atom stereocenters. The molecule has 0 atom stereocenters. The highest BCUT2D eigenvalue weighted by Crippen LogP contribution is 2.41. The Kier molecular flexibility index (Phi) is 4.71. The van der Waals surface area contributed by atoms with Crippen LogP contribution in [0.5, 0.6) is 11.5 Å². The number of benzene rings is 3. The second kappa shape index (κ2) is 7.54. The van der Waals surface area contributed by atoms with E-state index in [-0.39, 0.29) is 12.7 Å². The van der Waals surface area contributed by atoms with E-state index in [1.165, 1.54) is 10.5 Å². The van der Waals surface area contributed by atoms with E-state index < -0.39 is 0 Å². The molecule has 2 heterocycles. The van der Waals surface area contributed by atoms with Crippen molar-refractivity contribution < 1.29 is 14.3 Å². The van der Waals surface area contributed by atoms with Gasteiger partial charge in [-0.25, -0.2) is 0 Å². The van der Waals surface area contributed by atoms with Gasteiger partial charge in [-0.1, -0.05) is 29.5 Å². The summed E-state index contributed by atoms with van der Waals surface area (Å²) in [5.74, 6) is 1.31. The normalized spacial score (nSPS) is 13.7. The van der Waals surface area contributed by atoms with Crippen molar-refractivity contribution in [2.45, 2.75) is 30.2 Å². The van der Waals surface area contributed by atoms with Crippen LogP contribution >= 0.6 is 11.8 Å². The van der Waals surface area contributed by atoms with Crippen LogP contribution in [-0.4, -0.2) is 18.4 Å². The van der Waals surface area contributed by atoms with Gasteiger partial charge in [-0.05, 0) is 61.9 Å². The van der Waals surface area contributed by atoms with E-state index in [1.807, 2.05) is 43.3 Å².